The Hall–Kier alpha value is -3.93. The normalized spacial score (nSPS) is 16.9. The van der Waals surface area contributed by atoms with Crippen molar-refractivity contribution in [3.63, 3.8) is 0 Å². The van der Waals surface area contributed by atoms with Crippen LogP contribution < -0.4 is 16.5 Å². The number of hydrogen-bond donors (Lipinski definition) is 5. The van der Waals surface area contributed by atoms with Crippen LogP contribution in [0.4, 0.5) is 0 Å². The molecule has 2 aromatic rings. The first kappa shape index (κ1) is 26.7. The highest BCUT2D eigenvalue weighted by Gasteiger charge is 2.38. The molecule has 1 saturated heterocycles. The molecule has 1 aliphatic heterocycles. The van der Waals surface area contributed by atoms with Gasteiger partial charge in [-0.05, 0) is 30.9 Å². The van der Waals surface area contributed by atoms with E-state index in [1.165, 1.54) is 23.8 Å². The Morgan fingerprint density at radius 2 is 1.94 bits per heavy atom. The van der Waals surface area contributed by atoms with Crippen LogP contribution in [0.5, 0.6) is 0 Å². The van der Waals surface area contributed by atoms with Gasteiger partial charge in [0, 0.05) is 50.5 Å². The third-order valence-electron chi connectivity index (χ3n) is 6.57. The van der Waals surface area contributed by atoms with Crippen molar-refractivity contribution in [1.29, 1.82) is 0 Å². The largest absolute Gasteiger partial charge is 0.370 e. The van der Waals surface area contributed by atoms with Gasteiger partial charge in [-0.3, -0.25) is 29.2 Å². The topological polar surface area (TPSA) is 178 Å². The molecule has 3 rings (SSSR count). The van der Waals surface area contributed by atoms with E-state index < -0.39 is 41.8 Å². The molecule has 2 heterocycles. The maximum Gasteiger partial charge on any atom is 0.266 e. The number of likely N-dealkylation sites (N-methyl/N-ethyl adjacent to an activating group) is 1. The Bertz CT molecular complexity index is 1150. The van der Waals surface area contributed by atoms with E-state index in [4.69, 9.17) is 5.73 Å². The number of carbonyl (C=O) groups excluding carboxylic acids is 5. The van der Waals surface area contributed by atoms with E-state index in [2.05, 4.69) is 10.3 Å². The van der Waals surface area contributed by atoms with E-state index in [0.29, 0.717) is 19.4 Å². The van der Waals surface area contributed by atoms with E-state index in [1.54, 1.807) is 11.7 Å². The second-order valence-electron chi connectivity index (χ2n) is 8.94. The summed E-state index contributed by atoms with van der Waals surface area (Å²) >= 11 is 0. The predicted octanol–water partition coefficient (Wildman–Crippen LogP) is -0.196. The minimum atomic E-state index is -1.17. The number of primary amides is 1. The van der Waals surface area contributed by atoms with Crippen LogP contribution in [0, 0.1) is 0 Å². The predicted molar refractivity (Wildman–Crippen MR) is 129 cm³/mol. The molecule has 0 spiro atoms. The number of benzene rings is 1. The lowest BCUT2D eigenvalue weighted by atomic mass is 10.0. The maximum atomic E-state index is 13.3. The third-order valence-corrected chi connectivity index (χ3v) is 6.57. The van der Waals surface area contributed by atoms with Gasteiger partial charge >= 0.3 is 0 Å². The maximum absolute atomic E-state index is 13.3. The number of fused-ring (bicyclic) bond motifs is 1. The molecule has 1 aromatic heterocycles. The van der Waals surface area contributed by atoms with Crippen LogP contribution in [0.15, 0.2) is 30.5 Å². The lowest BCUT2D eigenvalue weighted by molar-refractivity contribution is -0.147. The lowest BCUT2D eigenvalue weighted by Crippen LogP contribution is -2.57. The fraction of sp³-hybridized carbons (Fsp3) is 0.458. The van der Waals surface area contributed by atoms with Gasteiger partial charge in [-0.1, -0.05) is 18.2 Å². The second kappa shape index (κ2) is 11.7. The first-order valence-corrected chi connectivity index (χ1v) is 11.8. The van der Waals surface area contributed by atoms with Crippen molar-refractivity contribution in [3.8, 4) is 0 Å². The van der Waals surface area contributed by atoms with Crippen molar-refractivity contribution < 1.29 is 29.2 Å². The molecule has 0 aliphatic carbocycles. The van der Waals surface area contributed by atoms with Crippen LogP contribution in [0.3, 0.4) is 0 Å². The van der Waals surface area contributed by atoms with Crippen LogP contribution in [0.25, 0.3) is 10.9 Å². The molecule has 1 aliphatic rings. The summed E-state index contributed by atoms with van der Waals surface area (Å²) in [7, 11) is 1.42. The number of carbonyl (C=O) groups is 5. The van der Waals surface area contributed by atoms with Crippen molar-refractivity contribution in [2.75, 3.05) is 13.6 Å². The van der Waals surface area contributed by atoms with Gasteiger partial charge in [-0.15, -0.1) is 0 Å². The minimum Gasteiger partial charge on any atom is -0.370 e. The van der Waals surface area contributed by atoms with Crippen molar-refractivity contribution in [1.82, 2.24) is 25.6 Å². The minimum absolute atomic E-state index is 0.0586. The number of hydroxylamine groups is 1. The Morgan fingerprint density at radius 1 is 1.22 bits per heavy atom. The summed E-state index contributed by atoms with van der Waals surface area (Å²) in [5.41, 5.74) is 8.44. The first-order valence-electron chi connectivity index (χ1n) is 11.8. The molecule has 12 heteroatoms. The van der Waals surface area contributed by atoms with Gasteiger partial charge < -0.3 is 25.8 Å². The van der Waals surface area contributed by atoms with Crippen LogP contribution >= 0.6 is 0 Å². The van der Waals surface area contributed by atoms with Gasteiger partial charge in [0.25, 0.3) is 5.91 Å². The molecule has 0 bridgehead atoms. The third kappa shape index (κ3) is 6.00. The molecule has 194 valence electrons. The highest BCUT2D eigenvalue weighted by atomic mass is 16.5. The van der Waals surface area contributed by atoms with Crippen LogP contribution in [-0.2, 0) is 30.4 Å². The van der Waals surface area contributed by atoms with Crippen molar-refractivity contribution in [2.45, 2.75) is 57.2 Å². The number of aromatic nitrogens is 1. The average molecular weight is 501 g/mol. The smallest absolute Gasteiger partial charge is 0.266 e. The van der Waals surface area contributed by atoms with Gasteiger partial charge in [0.15, 0.2) is 0 Å². The van der Waals surface area contributed by atoms with Crippen molar-refractivity contribution in [3.05, 3.63) is 36.0 Å². The zero-order chi connectivity index (χ0) is 26.4. The fourth-order valence-electron chi connectivity index (χ4n) is 4.64. The molecule has 5 amide bonds. The SMILES string of the molecule is CC(=O)N1CCC[C@H]1C(=O)N(C)[C@@H](CCC(N)=O)C(=O)N[C@@H](Cc1c[nH]c2ccccc12)C(=O)NO. The molecule has 36 heavy (non-hydrogen) atoms. The van der Waals surface area contributed by atoms with E-state index in [-0.39, 0.29) is 25.2 Å². The van der Waals surface area contributed by atoms with Gasteiger partial charge in [0.2, 0.25) is 23.6 Å². The number of hydrogen-bond acceptors (Lipinski definition) is 6. The molecular formula is C24H32N6O6. The number of nitrogens with zero attached hydrogens (tertiary/aromatic N) is 2. The van der Waals surface area contributed by atoms with E-state index >= 15 is 0 Å². The van der Waals surface area contributed by atoms with Gasteiger partial charge in [0.1, 0.15) is 18.1 Å². The number of likely N-dealkylation sites (tertiary alicyclic amines) is 1. The summed E-state index contributed by atoms with van der Waals surface area (Å²) in [6.07, 6.45) is 2.65. The molecule has 0 radical (unpaired) electrons. The van der Waals surface area contributed by atoms with E-state index in [9.17, 15) is 29.2 Å². The van der Waals surface area contributed by atoms with Crippen LogP contribution in [0.2, 0.25) is 0 Å². The van der Waals surface area contributed by atoms with Gasteiger partial charge in [0.05, 0.1) is 0 Å². The summed E-state index contributed by atoms with van der Waals surface area (Å²) in [5.74, 6) is -2.85. The monoisotopic (exact) mass is 500 g/mol. The number of nitrogens with two attached hydrogens (primary N) is 1. The Kier molecular flexibility index (Phi) is 8.64. The van der Waals surface area contributed by atoms with Gasteiger partial charge in [-0.25, -0.2) is 5.48 Å². The highest BCUT2D eigenvalue weighted by Crippen LogP contribution is 2.22. The number of nitrogens with one attached hydrogen (secondary N) is 3. The molecule has 6 N–H and O–H groups in total. The number of rotatable bonds is 10. The zero-order valence-electron chi connectivity index (χ0n) is 20.3. The highest BCUT2D eigenvalue weighted by molar-refractivity contribution is 5.95. The lowest BCUT2D eigenvalue weighted by Gasteiger charge is -2.33. The summed E-state index contributed by atoms with van der Waals surface area (Å²) in [6.45, 7) is 1.83. The van der Waals surface area contributed by atoms with Gasteiger partial charge in [-0.2, -0.15) is 0 Å². The molecule has 3 atom stereocenters. The molecular weight excluding hydrogens is 468 g/mol. The molecule has 1 aromatic carbocycles. The number of H-pyrrole nitrogens is 1. The van der Waals surface area contributed by atoms with Crippen LogP contribution in [-0.4, -0.2) is 81.2 Å². The standard InChI is InChI=1S/C24H32N6O6/c1-14(31)30-11-5-8-20(30)24(35)29(2)19(9-10-21(25)32)23(34)27-18(22(33)28-36)12-15-13-26-17-7-4-3-6-16(15)17/h3-4,6-7,13,18-20,26,36H,5,8-12H2,1-2H3,(H2,25,32)(H,27,34)(H,28,33)/t18-,19-,20-/m0/s1. The summed E-state index contributed by atoms with van der Waals surface area (Å²) < 4.78 is 0. The fourth-order valence-corrected chi connectivity index (χ4v) is 4.64. The molecule has 0 unspecified atom stereocenters. The molecule has 1 fully saturated rings. The summed E-state index contributed by atoms with van der Waals surface area (Å²) in [6, 6.07) is 4.42. The molecule has 12 nitrogen and oxygen atoms in total. The van der Waals surface area contributed by atoms with Crippen molar-refractivity contribution >= 4 is 40.4 Å². The number of para-hydroxylation sites is 1. The summed E-state index contributed by atoms with van der Waals surface area (Å²) in [4.78, 5) is 68.2. The van der Waals surface area contributed by atoms with E-state index in [0.717, 1.165) is 16.5 Å². The zero-order valence-corrected chi connectivity index (χ0v) is 20.3. The summed E-state index contributed by atoms with van der Waals surface area (Å²) in [5, 5.41) is 12.7. The Morgan fingerprint density at radius 3 is 2.61 bits per heavy atom. The first-order chi connectivity index (χ1) is 17.1. The quantitative estimate of drug-likeness (QED) is 0.223. The number of amides is 5. The second-order valence-corrected chi connectivity index (χ2v) is 8.94. The Labute approximate surface area is 208 Å². The van der Waals surface area contributed by atoms with Crippen LogP contribution in [0.1, 0.15) is 38.2 Å². The number of aromatic amines is 1. The van der Waals surface area contributed by atoms with E-state index in [1.807, 2.05) is 24.3 Å². The van der Waals surface area contributed by atoms with Crippen molar-refractivity contribution in [2.24, 2.45) is 5.73 Å². The molecule has 0 saturated carbocycles. The average Bonchev–Trinajstić information content (AvgIpc) is 3.50. The Balaban J connectivity index is 1.81.